The Morgan fingerprint density at radius 2 is 1.85 bits per heavy atom. The Morgan fingerprint density at radius 3 is 2.40 bits per heavy atom. The number of hydrogen-bond acceptors (Lipinski definition) is 3. The third-order valence-electron chi connectivity index (χ3n) is 3.40. The minimum absolute atomic E-state index is 0. The topological polar surface area (TPSA) is 35.5 Å². The molecule has 1 heterocycles. The Hall–Kier alpha value is 0.980. The average molecular weight is 545 g/mol. The maximum atomic E-state index is 10.3. The van der Waals surface area contributed by atoms with Gasteiger partial charge in [-0.25, -0.2) is 0 Å². The van der Waals surface area contributed by atoms with Crippen molar-refractivity contribution >= 4 is 70.0 Å². The predicted octanol–water partition coefficient (Wildman–Crippen LogP) is 3.80. The molecule has 0 spiro atoms. The minimum atomic E-state index is 0. The standard InChI is InChI=1S/C13H18I2N2O.2ClH/c1-2-12(17-5-3-16-4-6-17)10-7-9(14)8-11(15)13(10)18;;/h7-8,12,16,18H,2-6H2,1H3;2*1H/t12-;;/m0../s1. The van der Waals surface area contributed by atoms with E-state index in [0.29, 0.717) is 11.8 Å². The molecule has 0 aliphatic carbocycles. The molecule has 0 amide bonds. The van der Waals surface area contributed by atoms with Crippen molar-refractivity contribution in [3.63, 3.8) is 0 Å². The summed E-state index contributed by atoms with van der Waals surface area (Å²) in [5.41, 5.74) is 1.08. The van der Waals surface area contributed by atoms with E-state index < -0.39 is 0 Å². The zero-order valence-electron chi connectivity index (χ0n) is 11.2. The van der Waals surface area contributed by atoms with Crippen molar-refractivity contribution in [3.8, 4) is 5.75 Å². The molecule has 20 heavy (non-hydrogen) atoms. The summed E-state index contributed by atoms with van der Waals surface area (Å²) in [5, 5.41) is 13.7. The van der Waals surface area contributed by atoms with Gasteiger partial charge in [0.25, 0.3) is 0 Å². The Morgan fingerprint density at radius 1 is 1.25 bits per heavy atom. The first-order valence-corrected chi connectivity index (χ1v) is 8.42. The molecule has 7 heteroatoms. The number of phenolic OH excluding ortho intramolecular Hbond substituents is 1. The smallest absolute Gasteiger partial charge is 0.133 e. The first kappa shape index (κ1) is 21.0. The molecular formula is C13H20Cl2I2N2O. The monoisotopic (exact) mass is 544 g/mol. The zero-order valence-corrected chi connectivity index (χ0v) is 17.2. The van der Waals surface area contributed by atoms with Crippen molar-refractivity contribution in [1.82, 2.24) is 10.2 Å². The van der Waals surface area contributed by atoms with Crippen molar-refractivity contribution < 1.29 is 5.11 Å². The third-order valence-corrected chi connectivity index (χ3v) is 4.84. The van der Waals surface area contributed by atoms with E-state index in [-0.39, 0.29) is 24.8 Å². The highest BCUT2D eigenvalue weighted by atomic mass is 127. The van der Waals surface area contributed by atoms with Crippen molar-refractivity contribution in [2.45, 2.75) is 19.4 Å². The van der Waals surface area contributed by atoms with E-state index in [9.17, 15) is 5.11 Å². The lowest BCUT2D eigenvalue weighted by Gasteiger charge is -2.35. The molecule has 0 radical (unpaired) electrons. The van der Waals surface area contributed by atoms with Gasteiger partial charge in [-0.15, -0.1) is 24.8 Å². The predicted molar refractivity (Wildman–Crippen MR) is 106 cm³/mol. The van der Waals surface area contributed by atoms with E-state index in [1.165, 1.54) is 3.57 Å². The molecule has 2 N–H and O–H groups in total. The number of phenols is 1. The molecule has 1 aromatic rings. The normalized spacial score (nSPS) is 16.9. The summed E-state index contributed by atoms with van der Waals surface area (Å²) in [6.45, 7) is 6.38. The molecule has 1 saturated heterocycles. The molecule has 1 aromatic carbocycles. The van der Waals surface area contributed by atoms with Gasteiger partial charge in [0.1, 0.15) is 5.75 Å². The van der Waals surface area contributed by atoms with Crippen LogP contribution in [0, 0.1) is 7.14 Å². The lowest BCUT2D eigenvalue weighted by atomic mass is 10.0. The molecule has 1 atom stereocenters. The molecule has 2 rings (SSSR count). The quantitative estimate of drug-likeness (QED) is 0.568. The van der Waals surface area contributed by atoms with Crippen LogP contribution in [0.15, 0.2) is 12.1 Å². The number of aromatic hydroxyl groups is 1. The van der Waals surface area contributed by atoms with Crippen LogP contribution in [0.5, 0.6) is 5.75 Å². The summed E-state index contributed by atoms with van der Waals surface area (Å²) in [6.07, 6.45) is 1.03. The lowest BCUT2D eigenvalue weighted by Crippen LogP contribution is -2.45. The summed E-state index contributed by atoms with van der Waals surface area (Å²) in [6, 6.07) is 4.47. The van der Waals surface area contributed by atoms with Gasteiger partial charge in [-0.2, -0.15) is 0 Å². The fourth-order valence-corrected chi connectivity index (χ4v) is 4.40. The molecule has 1 aliphatic rings. The fourth-order valence-electron chi connectivity index (χ4n) is 2.51. The van der Waals surface area contributed by atoms with Crippen LogP contribution in [0.2, 0.25) is 0 Å². The van der Waals surface area contributed by atoms with Gasteiger partial charge in [0.15, 0.2) is 0 Å². The molecule has 1 fully saturated rings. The molecule has 3 nitrogen and oxygen atoms in total. The Bertz CT molecular complexity index is 429. The first-order chi connectivity index (χ1) is 8.63. The van der Waals surface area contributed by atoms with E-state index in [2.05, 4.69) is 68.4 Å². The van der Waals surface area contributed by atoms with Crippen molar-refractivity contribution in [3.05, 3.63) is 24.8 Å². The summed E-state index contributed by atoms with van der Waals surface area (Å²) in [7, 11) is 0. The second kappa shape index (κ2) is 9.89. The van der Waals surface area contributed by atoms with E-state index >= 15 is 0 Å². The SMILES string of the molecule is CC[C@@H](c1cc(I)cc(I)c1O)N1CCNCC1.Cl.Cl. The van der Waals surface area contributed by atoms with E-state index in [0.717, 1.165) is 41.7 Å². The van der Waals surface area contributed by atoms with Crippen molar-refractivity contribution in [2.75, 3.05) is 26.2 Å². The van der Waals surface area contributed by atoms with Gasteiger partial charge in [0.05, 0.1) is 3.57 Å². The van der Waals surface area contributed by atoms with Gasteiger partial charge >= 0.3 is 0 Å². The highest BCUT2D eigenvalue weighted by molar-refractivity contribution is 14.1. The van der Waals surface area contributed by atoms with Crippen LogP contribution in [0.4, 0.5) is 0 Å². The lowest BCUT2D eigenvalue weighted by molar-refractivity contribution is 0.166. The molecular weight excluding hydrogens is 525 g/mol. The van der Waals surface area contributed by atoms with E-state index in [1.54, 1.807) is 0 Å². The summed E-state index contributed by atoms with van der Waals surface area (Å²) in [5.74, 6) is 0.460. The van der Waals surface area contributed by atoms with E-state index in [1.807, 2.05) is 6.07 Å². The summed E-state index contributed by atoms with van der Waals surface area (Å²) >= 11 is 4.53. The fraction of sp³-hybridized carbons (Fsp3) is 0.538. The van der Waals surface area contributed by atoms with Gasteiger partial charge in [0, 0.05) is 41.4 Å². The van der Waals surface area contributed by atoms with Crippen LogP contribution >= 0.6 is 70.0 Å². The maximum Gasteiger partial charge on any atom is 0.133 e. The second-order valence-electron chi connectivity index (χ2n) is 4.54. The average Bonchev–Trinajstić information content (AvgIpc) is 2.37. The Kier molecular flexibility index (Phi) is 10.4. The maximum absolute atomic E-state index is 10.3. The third kappa shape index (κ3) is 5.01. The molecule has 1 aliphatic heterocycles. The van der Waals surface area contributed by atoms with Crippen molar-refractivity contribution in [1.29, 1.82) is 0 Å². The van der Waals surface area contributed by atoms with Crippen LogP contribution < -0.4 is 5.32 Å². The number of hydrogen-bond donors (Lipinski definition) is 2. The number of nitrogens with zero attached hydrogens (tertiary/aromatic N) is 1. The number of benzene rings is 1. The number of rotatable bonds is 3. The van der Waals surface area contributed by atoms with Crippen LogP contribution in [-0.2, 0) is 0 Å². The van der Waals surface area contributed by atoms with Gasteiger partial charge in [-0.1, -0.05) is 6.92 Å². The Labute approximate surface area is 160 Å². The second-order valence-corrected chi connectivity index (χ2v) is 6.94. The highest BCUT2D eigenvalue weighted by Gasteiger charge is 2.24. The Balaban J connectivity index is 0.00000180. The van der Waals surface area contributed by atoms with Crippen LogP contribution in [0.3, 0.4) is 0 Å². The molecule has 0 unspecified atom stereocenters. The number of piperazine rings is 1. The van der Waals surface area contributed by atoms with Crippen LogP contribution in [0.1, 0.15) is 24.9 Å². The van der Waals surface area contributed by atoms with Crippen LogP contribution in [0.25, 0.3) is 0 Å². The molecule has 0 aromatic heterocycles. The van der Waals surface area contributed by atoms with Gasteiger partial charge in [-0.3, -0.25) is 4.90 Å². The van der Waals surface area contributed by atoms with Gasteiger partial charge in [-0.05, 0) is 63.7 Å². The molecule has 116 valence electrons. The van der Waals surface area contributed by atoms with Crippen LogP contribution in [-0.4, -0.2) is 36.2 Å². The molecule has 0 bridgehead atoms. The van der Waals surface area contributed by atoms with Gasteiger partial charge < -0.3 is 10.4 Å². The first-order valence-electron chi connectivity index (χ1n) is 6.26. The zero-order chi connectivity index (χ0) is 13.1. The largest absolute Gasteiger partial charge is 0.506 e. The summed E-state index contributed by atoms with van der Waals surface area (Å²) < 4.78 is 2.14. The van der Waals surface area contributed by atoms with Gasteiger partial charge in [0.2, 0.25) is 0 Å². The van der Waals surface area contributed by atoms with Crippen molar-refractivity contribution in [2.24, 2.45) is 0 Å². The number of halogens is 4. The minimum Gasteiger partial charge on any atom is -0.506 e. The highest BCUT2D eigenvalue weighted by Crippen LogP contribution is 2.35. The molecule has 0 saturated carbocycles. The number of nitrogens with one attached hydrogen (secondary N) is 1. The summed E-state index contributed by atoms with van der Waals surface area (Å²) in [4.78, 5) is 2.47. The van der Waals surface area contributed by atoms with E-state index in [4.69, 9.17) is 0 Å².